The molecule has 16 N–H and O–H groups in total. The lowest BCUT2D eigenvalue weighted by atomic mass is 10.9. The molecule has 0 fully saturated rings. The highest BCUT2D eigenvalue weighted by atomic mass is 16.4. The maximum atomic E-state index is 9.00. The normalized spacial score (nSPS) is 6.06. The van der Waals surface area contributed by atoms with Gasteiger partial charge in [-0.25, -0.2) is 0 Å². The number of nitrogens with two attached hydrogens (primary N) is 2. The Bertz CT molecular complexity index is 392. The number of nitrogens with one attached hydrogen (secondary N) is 1. The van der Waals surface area contributed by atoms with Crippen LogP contribution in [0.4, 0.5) is 0 Å². The molecule has 0 amide bonds. The number of aliphatic carboxylic acids is 8. The average molecular weight is 545 g/mol. The topological polar surface area (TPSA) is 397 Å². The molecule has 0 spiro atoms. The summed E-state index contributed by atoms with van der Waals surface area (Å²) >= 11 is 0. The van der Waals surface area contributed by atoms with Crippen molar-refractivity contribution >= 4 is 47.8 Å². The van der Waals surface area contributed by atoms with Crippen molar-refractivity contribution in [3.63, 3.8) is 0 Å². The monoisotopic (exact) mass is 544 g/mol. The Morgan fingerprint density at radius 2 is 0.361 bits per heavy atom. The maximum absolute atomic E-state index is 9.00. The van der Waals surface area contributed by atoms with Gasteiger partial charge in [-0.2, -0.15) is 5.53 Å². The van der Waals surface area contributed by atoms with Crippen molar-refractivity contribution in [2.24, 2.45) is 11.7 Å². The fourth-order valence-electron chi connectivity index (χ4n) is 0. The smallest absolute Gasteiger partial charge is 0.300 e. The van der Waals surface area contributed by atoms with Gasteiger partial charge >= 0.3 is 0 Å². The summed E-state index contributed by atoms with van der Waals surface area (Å²) in [4.78, 5) is 72.0. The molecule has 0 saturated carbocycles. The van der Waals surface area contributed by atoms with Gasteiger partial charge in [-0.15, -0.1) is 0 Å². The maximum Gasteiger partial charge on any atom is 0.300 e. The fourth-order valence-corrected chi connectivity index (χ4v) is 0. The van der Waals surface area contributed by atoms with E-state index in [2.05, 4.69) is 11.7 Å². The standard InChI is InChI=1S/8C2H4O2.H5N3.H3N/c8*1-2(3)4;1-3-2;/h8*1H3,(H,3,4);3H,1-2H2;1H3. The molecular weight excluding hydrogens is 504 g/mol. The molecule has 0 unspecified atom stereocenters. The minimum Gasteiger partial charge on any atom is -0.481 e. The Balaban J connectivity index is -0.0000000263. The Morgan fingerprint density at radius 3 is 0.361 bits per heavy atom. The first kappa shape index (κ1) is 63.4. The zero-order chi connectivity index (χ0) is 31.3. The van der Waals surface area contributed by atoms with Crippen LogP contribution in [0.15, 0.2) is 0 Å². The number of rotatable bonds is 0. The second-order valence-corrected chi connectivity index (χ2v) is 4.32. The van der Waals surface area contributed by atoms with E-state index in [0.717, 1.165) is 55.4 Å². The summed E-state index contributed by atoms with van der Waals surface area (Å²) in [6.07, 6.45) is 0. The van der Waals surface area contributed by atoms with Crippen molar-refractivity contribution in [1.82, 2.24) is 11.7 Å². The first-order valence-corrected chi connectivity index (χ1v) is 8.00. The van der Waals surface area contributed by atoms with Crippen molar-refractivity contribution < 1.29 is 79.2 Å². The molecule has 0 radical (unpaired) electrons. The predicted molar refractivity (Wildman–Crippen MR) is 123 cm³/mol. The molecule has 0 rings (SSSR count). The summed E-state index contributed by atoms with van der Waals surface area (Å²) in [5, 5.41) is 59.3. The molecule has 20 nitrogen and oxygen atoms in total. The lowest BCUT2D eigenvalue weighted by Gasteiger charge is -1.64. The molecule has 0 aromatic rings. The van der Waals surface area contributed by atoms with Gasteiger partial charge in [0, 0.05) is 55.4 Å². The van der Waals surface area contributed by atoms with Gasteiger partial charge in [0.1, 0.15) is 0 Å². The highest BCUT2D eigenvalue weighted by Crippen LogP contribution is 1.44. The van der Waals surface area contributed by atoms with Crippen LogP contribution in [0, 0.1) is 0 Å². The van der Waals surface area contributed by atoms with Crippen molar-refractivity contribution in [3.8, 4) is 0 Å². The summed E-state index contributed by atoms with van der Waals surface area (Å²) in [5.74, 6) is 2.08. The van der Waals surface area contributed by atoms with Gasteiger partial charge in [-0.1, -0.05) is 0 Å². The Labute approximate surface area is 206 Å². The molecule has 0 saturated heterocycles. The molecule has 0 heterocycles. The number of hydrazine groups is 2. The molecule has 0 aliphatic heterocycles. The molecule has 0 aliphatic rings. The van der Waals surface area contributed by atoms with Gasteiger partial charge < -0.3 is 47.0 Å². The second kappa shape index (κ2) is 63.2. The first-order chi connectivity index (χ1) is 15.3. The van der Waals surface area contributed by atoms with E-state index in [9.17, 15) is 0 Å². The van der Waals surface area contributed by atoms with Crippen LogP contribution in [0.1, 0.15) is 55.4 Å². The summed E-state index contributed by atoms with van der Waals surface area (Å²) in [6.45, 7) is 8.67. The molecular formula is C16H40N4O16. The molecule has 220 valence electrons. The largest absolute Gasteiger partial charge is 0.481 e. The third-order valence-electron chi connectivity index (χ3n) is 0. The molecule has 36 heavy (non-hydrogen) atoms. The number of carboxylic acids is 8. The van der Waals surface area contributed by atoms with Crippen LogP contribution >= 0.6 is 0 Å². The predicted octanol–water partition coefficient (Wildman–Crippen LogP) is -0.787. The number of carbonyl (C=O) groups is 8. The van der Waals surface area contributed by atoms with E-state index in [1.165, 1.54) is 0 Å². The molecule has 0 aliphatic carbocycles. The van der Waals surface area contributed by atoms with Gasteiger partial charge in [-0.05, 0) is 0 Å². The lowest BCUT2D eigenvalue weighted by Crippen LogP contribution is -2.29. The van der Waals surface area contributed by atoms with Crippen LogP contribution in [0.5, 0.6) is 0 Å². The fraction of sp³-hybridized carbons (Fsp3) is 0.500. The first-order valence-electron chi connectivity index (χ1n) is 8.00. The van der Waals surface area contributed by atoms with Crippen molar-refractivity contribution in [3.05, 3.63) is 0 Å². The van der Waals surface area contributed by atoms with E-state index in [-0.39, 0.29) is 6.15 Å². The summed E-state index contributed by atoms with van der Waals surface area (Å²) < 4.78 is 0. The molecule has 0 aromatic heterocycles. The van der Waals surface area contributed by atoms with E-state index in [1.807, 2.05) is 0 Å². The Kier molecular flexibility index (Phi) is 111. The Hall–Kier alpha value is -4.40. The highest BCUT2D eigenvalue weighted by Gasteiger charge is 1.68. The molecule has 20 heteroatoms. The zero-order valence-electron chi connectivity index (χ0n) is 21.2. The number of carboxylic acid groups (broad SMARTS) is 8. The summed E-state index contributed by atoms with van der Waals surface area (Å²) in [5.41, 5.74) is 1.75. The van der Waals surface area contributed by atoms with Crippen LogP contribution in [-0.2, 0) is 38.4 Å². The summed E-state index contributed by atoms with van der Waals surface area (Å²) in [6, 6.07) is 0. The van der Waals surface area contributed by atoms with E-state index in [0.29, 0.717) is 0 Å². The Morgan fingerprint density at radius 1 is 0.361 bits per heavy atom. The molecule has 0 bridgehead atoms. The lowest BCUT2D eigenvalue weighted by molar-refractivity contribution is -0.135. The van der Waals surface area contributed by atoms with E-state index in [1.54, 1.807) is 5.53 Å². The summed E-state index contributed by atoms with van der Waals surface area (Å²) in [7, 11) is 0. The van der Waals surface area contributed by atoms with Crippen LogP contribution < -0.4 is 23.4 Å². The quantitative estimate of drug-likeness (QED) is 0.131. The van der Waals surface area contributed by atoms with E-state index < -0.39 is 47.8 Å². The molecule has 0 aromatic carbocycles. The van der Waals surface area contributed by atoms with Crippen LogP contribution in [0.25, 0.3) is 0 Å². The average Bonchev–Trinajstić information content (AvgIpc) is 2.41. The minimum atomic E-state index is -0.833. The van der Waals surface area contributed by atoms with Gasteiger partial charge in [0.25, 0.3) is 47.8 Å². The second-order valence-electron chi connectivity index (χ2n) is 4.32. The van der Waals surface area contributed by atoms with Crippen LogP contribution in [0.3, 0.4) is 0 Å². The number of hydrogen-bond acceptors (Lipinski definition) is 12. The number of hydrogen-bond donors (Lipinski definition) is 12. The van der Waals surface area contributed by atoms with Crippen molar-refractivity contribution in [2.75, 3.05) is 0 Å². The van der Waals surface area contributed by atoms with Crippen molar-refractivity contribution in [1.29, 1.82) is 0 Å². The van der Waals surface area contributed by atoms with Gasteiger partial charge in [0.15, 0.2) is 0 Å². The van der Waals surface area contributed by atoms with Gasteiger partial charge in [0.05, 0.1) is 0 Å². The highest BCUT2D eigenvalue weighted by molar-refractivity contribution is 5.64. The zero-order valence-corrected chi connectivity index (χ0v) is 21.2. The van der Waals surface area contributed by atoms with Crippen molar-refractivity contribution in [2.45, 2.75) is 55.4 Å². The minimum absolute atomic E-state index is 0. The van der Waals surface area contributed by atoms with Gasteiger partial charge in [-0.3, -0.25) is 50.0 Å². The van der Waals surface area contributed by atoms with Crippen LogP contribution in [0.2, 0.25) is 0 Å². The van der Waals surface area contributed by atoms with Crippen LogP contribution in [-0.4, -0.2) is 88.6 Å². The van der Waals surface area contributed by atoms with E-state index >= 15 is 0 Å². The third-order valence-corrected chi connectivity index (χ3v) is 0. The molecule has 0 atom stereocenters. The van der Waals surface area contributed by atoms with Gasteiger partial charge in [0.2, 0.25) is 0 Å². The SMILES string of the molecule is CC(=O)O.CC(=O)O.CC(=O)O.CC(=O)O.CC(=O)O.CC(=O)O.CC(=O)O.CC(=O)O.N.NNN. The van der Waals surface area contributed by atoms with E-state index in [4.69, 9.17) is 79.2 Å². The third kappa shape index (κ3) is 1250.